The molecule has 1 aromatic rings. The van der Waals surface area contributed by atoms with Crippen LogP contribution in [0, 0.1) is 0 Å². The van der Waals surface area contributed by atoms with Crippen molar-refractivity contribution in [2.45, 2.75) is 12.8 Å². The maximum atomic E-state index is 11.0. The largest absolute Gasteiger partial charge is 0.469 e. The van der Waals surface area contributed by atoms with Gasteiger partial charge < -0.3 is 4.74 Å². The molecular formula is C7H9NO2S. The molecule has 0 saturated heterocycles. The number of rotatable bonds is 2. The van der Waals surface area contributed by atoms with Gasteiger partial charge >= 0.3 is 5.97 Å². The van der Waals surface area contributed by atoms with E-state index >= 15 is 0 Å². The summed E-state index contributed by atoms with van der Waals surface area (Å²) in [7, 11) is 1.39. The van der Waals surface area contributed by atoms with Crippen molar-refractivity contribution in [3.8, 4) is 0 Å². The van der Waals surface area contributed by atoms with Crippen molar-refractivity contribution in [1.29, 1.82) is 0 Å². The standard InChI is InChI=1S/C7H9NO2S/c1-5(7(9)10-2)6-3-4-8-11-6/h3-5H,1-2H3. The number of esters is 1. The minimum absolute atomic E-state index is 0.188. The fourth-order valence-corrected chi connectivity index (χ4v) is 1.36. The third-order valence-corrected chi connectivity index (χ3v) is 2.37. The predicted molar refractivity (Wildman–Crippen MR) is 42.5 cm³/mol. The van der Waals surface area contributed by atoms with Crippen LogP contribution in [0.25, 0.3) is 0 Å². The molecule has 0 aromatic carbocycles. The highest BCUT2D eigenvalue weighted by molar-refractivity contribution is 7.05. The monoisotopic (exact) mass is 171 g/mol. The molecule has 11 heavy (non-hydrogen) atoms. The summed E-state index contributed by atoms with van der Waals surface area (Å²) in [5.74, 6) is -0.401. The number of hydrogen-bond acceptors (Lipinski definition) is 4. The lowest BCUT2D eigenvalue weighted by Crippen LogP contribution is -2.09. The smallest absolute Gasteiger partial charge is 0.313 e. The molecule has 3 nitrogen and oxygen atoms in total. The van der Waals surface area contributed by atoms with Crippen LogP contribution in [-0.4, -0.2) is 17.5 Å². The number of carbonyl (C=O) groups is 1. The molecule has 4 heteroatoms. The van der Waals surface area contributed by atoms with E-state index in [4.69, 9.17) is 0 Å². The molecule has 0 amide bonds. The van der Waals surface area contributed by atoms with Crippen molar-refractivity contribution in [1.82, 2.24) is 4.37 Å². The van der Waals surface area contributed by atoms with Gasteiger partial charge in [0.05, 0.1) is 13.0 Å². The second-order valence-corrected chi connectivity index (χ2v) is 3.02. The van der Waals surface area contributed by atoms with Gasteiger partial charge in [-0.25, -0.2) is 4.37 Å². The minimum atomic E-state index is -0.214. The van der Waals surface area contributed by atoms with Crippen LogP contribution in [0.5, 0.6) is 0 Å². The second kappa shape index (κ2) is 3.48. The van der Waals surface area contributed by atoms with Crippen LogP contribution in [-0.2, 0) is 9.53 Å². The molecule has 60 valence electrons. The van der Waals surface area contributed by atoms with E-state index in [2.05, 4.69) is 9.11 Å². The van der Waals surface area contributed by atoms with Crippen LogP contribution < -0.4 is 0 Å². The van der Waals surface area contributed by atoms with Crippen LogP contribution >= 0.6 is 11.5 Å². The highest BCUT2D eigenvalue weighted by atomic mass is 32.1. The fraction of sp³-hybridized carbons (Fsp3) is 0.429. The number of ether oxygens (including phenoxy) is 1. The van der Waals surface area contributed by atoms with Gasteiger partial charge in [0.1, 0.15) is 0 Å². The van der Waals surface area contributed by atoms with Crippen molar-refractivity contribution in [3.05, 3.63) is 17.1 Å². The van der Waals surface area contributed by atoms with E-state index in [-0.39, 0.29) is 11.9 Å². The Kier molecular flexibility index (Phi) is 2.59. The van der Waals surface area contributed by atoms with Gasteiger partial charge in [-0.3, -0.25) is 4.79 Å². The molecule has 0 aliphatic carbocycles. The van der Waals surface area contributed by atoms with Gasteiger partial charge in [-0.2, -0.15) is 0 Å². The van der Waals surface area contributed by atoms with Crippen LogP contribution in [0.4, 0.5) is 0 Å². The van der Waals surface area contributed by atoms with Crippen molar-refractivity contribution < 1.29 is 9.53 Å². The van der Waals surface area contributed by atoms with Gasteiger partial charge in [0.2, 0.25) is 0 Å². The highest BCUT2D eigenvalue weighted by Gasteiger charge is 2.16. The first kappa shape index (κ1) is 8.20. The number of carbonyl (C=O) groups excluding carboxylic acids is 1. The molecular weight excluding hydrogens is 162 g/mol. The molecule has 1 aromatic heterocycles. The fourth-order valence-electron chi connectivity index (χ4n) is 0.742. The topological polar surface area (TPSA) is 39.2 Å². The first-order valence-electron chi connectivity index (χ1n) is 3.24. The maximum Gasteiger partial charge on any atom is 0.313 e. The number of aromatic nitrogens is 1. The van der Waals surface area contributed by atoms with Crippen LogP contribution in [0.1, 0.15) is 17.7 Å². The lowest BCUT2D eigenvalue weighted by atomic mass is 10.1. The third-order valence-electron chi connectivity index (χ3n) is 1.44. The van der Waals surface area contributed by atoms with E-state index in [1.54, 1.807) is 13.1 Å². The molecule has 0 aliphatic rings. The zero-order chi connectivity index (χ0) is 8.27. The van der Waals surface area contributed by atoms with E-state index < -0.39 is 0 Å². The molecule has 0 radical (unpaired) electrons. The van der Waals surface area contributed by atoms with Gasteiger partial charge in [0.15, 0.2) is 0 Å². The lowest BCUT2D eigenvalue weighted by molar-refractivity contribution is -0.141. The van der Waals surface area contributed by atoms with Crippen molar-refractivity contribution in [2.24, 2.45) is 0 Å². The zero-order valence-corrected chi connectivity index (χ0v) is 7.22. The van der Waals surface area contributed by atoms with Crippen LogP contribution in [0.15, 0.2) is 12.3 Å². The predicted octanol–water partition coefficient (Wildman–Crippen LogP) is 1.42. The lowest BCUT2D eigenvalue weighted by Gasteiger charge is -2.04. The van der Waals surface area contributed by atoms with Gasteiger partial charge in [-0.15, -0.1) is 0 Å². The molecule has 0 saturated carbocycles. The van der Waals surface area contributed by atoms with Gasteiger partial charge in [-0.05, 0) is 24.5 Å². The number of hydrogen-bond donors (Lipinski definition) is 0. The maximum absolute atomic E-state index is 11.0. The van der Waals surface area contributed by atoms with Gasteiger partial charge in [0.25, 0.3) is 0 Å². The summed E-state index contributed by atoms with van der Waals surface area (Å²) in [6.45, 7) is 1.80. The molecule has 0 spiro atoms. The Bertz CT molecular complexity index is 233. The van der Waals surface area contributed by atoms with Crippen molar-refractivity contribution in [3.63, 3.8) is 0 Å². The van der Waals surface area contributed by atoms with E-state index in [9.17, 15) is 4.79 Å². The number of nitrogens with zero attached hydrogens (tertiary/aromatic N) is 1. The Morgan fingerprint density at radius 2 is 2.55 bits per heavy atom. The van der Waals surface area contributed by atoms with Crippen molar-refractivity contribution in [2.75, 3.05) is 7.11 Å². The first-order valence-corrected chi connectivity index (χ1v) is 4.01. The van der Waals surface area contributed by atoms with Crippen molar-refractivity contribution >= 4 is 17.5 Å². The molecule has 1 rings (SSSR count). The van der Waals surface area contributed by atoms with Gasteiger partial charge in [0, 0.05) is 11.1 Å². The Balaban J connectivity index is 2.70. The molecule has 0 aliphatic heterocycles. The van der Waals surface area contributed by atoms with E-state index in [1.165, 1.54) is 18.6 Å². The SMILES string of the molecule is COC(=O)C(C)c1ccns1. The zero-order valence-electron chi connectivity index (χ0n) is 6.40. The average molecular weight is 171 g/mol. The summed E-state index contributed by atoms with van der Waals surface area (Å²) in [4.78, 5) is 11.9. The molecule has 1 atom stereocenters. The highest BCUT2D eigenvalue weighted by Crippen LogP contribution is 2.19. The Morgan fingerprint density at radius 1 is 1.82 bits per heavy atom. The summed E-state index contributed by atoms with van der Waals surface area (Å²) < 4.78 is 8.47. The first-order chi connectivity index (χ1) is 5.25. The Morgan fingerprint density at radius 3 is 3.00 bits per heavy atom. The summed E-state index contributed by atoms with van der Waals surface area (Å²) >= 11 is 1.32. The summed E-state index contributed by atoms with van der Waals surface area (Å²) in [5, 5.41) is 0. The molecule has 0 bridgehead atoms. The average Bonchev–Trinajstić information content (AvgIpc) is 2.53. The molecule has 1 heterocycles. The Labute approximate surface area is 69.2 Å². The van der Waals surface area contributed by atoms with Crippen LogP contribution in [0.3, 0.4) is 0 Å². The van der Waals surface area contributed by atoms with E-state index in [0.29, 0.717) is 0 Å². The molecule has 1 unspecified atom stereocenters. The number of methoxy groups -OCH3 is 1. The van der Waals surface area contributed by atoms with Gasteiger partial charge in [-0.1, -0.05) is 0 Å². The van der Waals surface area contributed by atoms with E-state index in [1.807, 2.05) is 6.07 Å². The second-order valence-electron chi connectivity index (χ2n) is 2.16. The summed E-state index contributed by atoms with van der Waals surface area (Å²) in [5.41, 5.74) is 0. The Hall–Kier alpha value is -0.900. The normalized spacial score (nSPS) is 12.5. The molecule has 0 N–H and O–H groups in total. The summed E-state index contributed by atoms with van der Waals surface area (Å²) in [6, 6.07) is 1.83. The van der Waals surface area contributed by atoms with E-state index in [0.717, 1.165) is 4.88 Å². The van der Waals surface area contributed by atoms with Crippen LogP contribution in [0.2, 0.25) is 0 Å². The quantitative estimate of drug-likeness (QED) is 0.632. The summed E-state index contributed by atoms with van der Waals surface area (Å²) in [6.07, 6.45) is 1.68. The molecule has 0 fully saturated rings. The third kappa shape index (κ3) is 1.77. The minimum Gasteiger partial charge on any atom is -0.469 e.